The first-order valence-electron chi connectivity index (χ1n) is 30.4. The summed E-state index contributed by atoms with van der Waals surface area (Å²) in [5.41, 5.74) is 0. The highest BCUT2D eigenvalue weighted by atomic mass is 31.2. The highest BCUT2D eigenvalue weighted by molar-refractivity contribution is 7.45. The molecular formula is C67H112NO8P. The second-order valence-electron chi connectivity index (χ2n) is 21.0. The van der Waals surface area contributed by atoms with Crippen LogP contribution in [0.15, 0.2) is 134 Å². The molecular weight excluding hydrogens is 978 g/mol. The molecule has 0 heterocycles. The van der Waals surface area contributed by atoms with E-state index in [0.29, 0.717) is 23.9 Å². The summed E-state index contributed by atoms with van der Waals surface area (Å²) >= 11 is 0. The van der Waals surface area contributed by atoms with Gasteiger partial charge in [0.05, 0.1) is 27.7 Å². The Morgan fingerprint density at radius 2 is 0.740 bits per heavy atom. The summed E-state index contributed by atoms with van der Waals surface area (Å²) < 4.78 is 34.1. The highest BCUT2D eigenvalue weighted by Gasteiger charge is 2.21. The minimum absolute atomic E-state index is 0.0437. The van der Waals surface area contributed by atoms with E-state index in [1.807, 2.05) is 21.1 Å². The lowest BCUT2D eigenvalue weighted by molar-refractivity contribution is -0.870. The monoisotopic (exact) mass is 1090 g/mol. The zero-order valence-electron chi connectivity index (χ0n) is 49.6. The number of ether oxygens (including phenoxy) is 2. The van der Waals surface area contributed by atoms with Crippen LogP contribution in [-0.2, 0) is 32.7 Å². The topological polar surface area (TPSA) is 111 Å². The maximum Gasteiger partial charge on any atom is 0.306 e. The minimum atomic E-state index is -4.65. The molecule has 0 aliphatic heterocycles. The Morgan fingerprint density at radius 1 is 0.416 bits per heavy atom. The number of quaternary nitrogens is 1. The Morgan fingerprint density at radius 3 is 1.12 bits per heavy atom. The number of hydrogen-bond donors (Lipinski definition) is 0. The molecule has 2 unspecified atom stereocenters. The van der Waals surface area contributed by atoms with Gasteiger partial charge in [-0.1, -0.05) is 231 Å². The van der Waals surface area contributed by atoms with Gasteiger partial charge in [0.2, 0.25) is 0 Å². The number of allylic oxidation sites excluding steroid dienone is 22. The van der Waals surface area contributed by atoms with Crippen molar-refractivity contribution in [2.75, 3.05) is 47.5 Å². The van der Waals surface area contributed by atoms with Crippen LogP contribution in [0.25, 0.3) is 0 Å². The number of carbonyl (C=O) groups is 2. The number of esters is 2. The van der Waals surface area contributed by atoms with Crippen LogP contribution in [0.5, 0.6) is 0 Å². The molecule has 0 N–H and O–H groups in total. The zero-order valence-corrected chi connectivity index (χ0v) is 50.5. The van der Waals surface area contributed by atoms with Gasteiger partial charge in [0.25, 0.3) is 7.82 Å². The molecule has 0 rings (SSSR count). The maximum atomic E-state index is 12.8. The van der Waals surface area contributed by atoms with Crippen LogP contribution < -0.4 is 4.89 Å². The third-order valence-electron chi connectivity index (χ3n) is 12.4. The standard InChI is InChI=1S/C67H112NO8P/c1-6-8-10-12-14-16-18-20-22-24-26-27-28-29-30-31-32-33-34-35-36-37-38-39-40-41-42-44-46-48-50-52-54-56-58-60-67(70)76-65(64-75-77(71,72)74-62-61-68(3,4)5)63-73-66(69)59-57-55-53-51-49-47-45-43-25-23-21-19-17-15-13-11-9-7-2/h8,10,14,16,20,22-23,25-27,29-30,32-33,35-36,38-39,41-42,46,48,65H,6-7,9,11-13,15,17-19,21,24,28,31,34,37,40,43-45,47,49-64H2,1-5H3/b10-8-,16-14-,22-20-,25-23-,27-26-,30-29-,33-32-,36-35-,39-38-,42-41-,48-46-. The van der Waals surface area contributed by atoms with Crippen molar-refractivity contribution in [2.45, 2.75) is 232 Å². The van der Waals surface area contributed by atoms with Crippen LogP contribution in [0.4, 0.5) is 0 Å². The van der Waals surface area contributed by atoms with Crippen LogP contribution in [-0.4, -0.2) is 70.0 Å². The van der Waals surface area contributed by atoms with Gasteiger partial charge >= 0.3 is 11.9 Å². The van der Waals surface area contributed by atoms with Crippen molar-refractivity contribution >= 4 is 19.8 Å². The Balaban J connectivity index is 4.25. The second-order valence-corrected chi connectivity index (χ2v) is 22.4. The fourth-order valence-electron chi connectivity index (χ4n) is 7.74. The maximum absolute atomic E-state index is 12.8. The fourth-order valence-corrected chi connectivity index (χ4v) is 8.47. The largest absolute Gasteiger partial charge is 0.756 e. The van der Waals surface area contributed by atoms with Crippen LogP contribution in [0.3, 0.4) is 0 Å². The minimum Gasteiger partial charge on any atom is -0.756 e. The molecule has 2 atom stereocenters. The molecule has 0 amide bonds. The van der Waals surface area contributed by atoms with Gasteiger partial charge in [0, 0.05) is 12.8 Å². The lowest BCUT2D eigenvalue weighted by Crippen LogP contribution is -2.37. The van der Waals surface area contributed by atoms with Gasteiger partial charge in [-0.25, -0.2) is 0 Å². The first kappa shape index (κ1) is 73.2. The quantitative estimate of drug-likeness (QED) is 0.0195. The molecule has 0 saturated carbocycles. The van der Waals surface area contributed by atoms with E-state index < -0.39 is 32.5 Å². The van der Waals surface area contributed by atoms with E-state index in [0.717, 1.165) is 116 Å². The molecule has 77 heavy (non-hydrogen) atoms. The van der Waals surface area contributed by atoms with E-state index in [2.05, 4.69) is 148 Å². The average Bonchev–Trinajstić information content (AvgIpc) is 3.39. The number of phosphoric acid groups is 1. The second kappa shape index (κ2) is 56.9. The van der Waals surface area contributed by atoms with Crippen LogP contribution in [0, 0.1) is 0 Å². The molecule has 0 spiro atoms. The first-order valence-corrected chi connectivity index (χ1v) is 31.9. The molecule has 0 aliphatic carbocycles. The SMILES string of the molecule is CC/C=C\C/C=C\C/C=C\C/C=C\C/C=C\C/C=C\C/C=C\C/C=C\C/C=C\C/C=C\CCCCCCC(=O)OC(COC(=O)CCCCCCCCC/C=C\CCCCCCCCC)COP(=O)([O-])OCC[N+](C)(C)C. The van der Waals surface area contributed by atoms with E-state index in [1.165, 1.54) is 70.6 Å². The molecule has 0 radical (unpaired) electrons. The lowest BCUT2D eigenvalue weighted by Gasteiger charge is -2.28. The van der Waals surface area contributed by atoms with Gasteiger partial charge in [0.1, 0.15) is 19.8 Å². The smallest absolute Gasteiger partial charge is 0.306 e. The van der Waals surface area contributed by atoms with Gasteiger partial charge in [-0.15, -0.1) is 0 Å². The number of hydrogen-bond acceptors (Lipinski definition) is 8. The normalized spacial score (nSPS) is 14.2. The molecule has 0 bridgehead atoms. The first-order chi connectivity index (χ1) is 37.5. The number of phosphoric ester groups is 1. The third-order valence-corrected chi connectivity index (χ3v) is 13.4. The van der Waals surface area contributed by atoms with Crippen molar-refractivity contribution in [2.24, 2.45) is 0 Å². The highest BCUT2D eigenvalue weighted by Crippen LogP contribution is 2.38. The van der Waals surface area contributed by atoms with E-state index in [9.17, 15) is 19.0 Å². The number of rotatable bonds is 54. The number of likely N-dealkylation sites (N-methyl/N-ethyl adjacent to an activating group) is 1. The molecule has 0 aromatic heterocycles. The Kier molecular flexibility index (Phi) is 54.0. The summed E-state index contributed by atoms with van der Waals surface area (Å²) in [6, 6.07) is 0. The summed E-state index contributed by atoms with van der Waals surface area (Å²) in [5.74, 6) is -0.875. The average molecular weight is 1090 g/mol. The van der Waals surface area contributed by atoms with Crippen molar-refractivity contribution in [3.63, 3.8) is 0 Å². The molecule has 438 valence electrons. The Hall–Kier alpha value is -3.85. The van der Waals surface area contributed by atoms with Crippen molar-refractivity contribution in [3.8, 4) is 0 Å². The molecule has 0 saturated heterocycles. The van der Waals surface area contributed by atoms with Gasteiger partial charge in [-0.2, -0.15) is 0 Å². The van der Waals surface area contributed by atoms with Crippen LogP contribution in [0.1, 0.15) is 226 Å². The molecule has 10 heteroatoms. The molecule has 9 nitrogen and oxygen atoms in total. The van der Waals surface area contributed by atoms with Crippen molar-refractivity contribution < 1.29 is 42.1 Å². The zero-order chi connectivity index (χ0) is 56.3. The Bertz CT molecular complexity index is 1760. The lowest BCUT2D eigenvalue weighted by atomic mass is 10.1. The predicted molar refractivity (Wildman–Crippen MR) is 327 cm³/mol. The summed E-state index contributed by atoms with van der Waals surface area (Å²) in [5, 5.41) is 0. The predicted octanol–water partition coefficient (Wildman–Crippen LogP) is 18.7. The molecule has 0 aliphatic rings. The van der Waals surface area contributed by atoms with Gasteiger partial charge in [0.15, 0.2) is 6.10 Å². The van der Waals surface area contributed by atoms with Crippen LogP contribution >= 0.6 is 7.82 Å². The molecule has 0 fully saturated rings. The van der Waals surface area contributed by atoms with E-state index in [4.69, 9.17) is 18.5 Å². The number of unbranched alkanes of at least 4 members (excludes halogenated alkanes) is 18. The van der Waals surface area contributed by atoms with Crippen molar-refractivity contribution in [1.29, 1.82) is 0 Å². The summed E-state index contributed by atoms with van der Waals surface area (Å²) in [6.45, 7) is 4.08. The summed E-state index contributed by atoms with van der Waals surface area (Å²) in [7, 11) is 1.13. The Labute approximate surface area is 472 Å². The van der Waals surface area contributed by atoms with Crippen molar-refractivity contribution in [1.82, 2.24) is 0 Å². The van der Waals surface area contributed by atoms with E-state index in [-0.39, 0.29) is 26.1 Å². The molecule has 0 aromatic rings. The van der Waals surface area contributed by atoms with Gasteiger partial charge < -0.3 is 27.9 Å². The van der Waals surface area contributed by atoms with Gasteiger partial charge in [-0.3, -0.25) is 14.2 Å². The van der Waals surface area contributed by atoms with E-state index >= 15 is 0 Å². The summed E-state index contributed by atoms with van der Waals surface area (Å²) in [6.07, 6.45) is 82.1. The number of nitrogens with zero attached hydrogens (tertiary/aromatic N) is 1. The fraction of sp³-hybridized carbons (Fsp3) is 0.642. The van der Waals surface area contributed by atoms with Gasteiger partial charge in [-0.05, 0) is 116 Å². The van der Waals surface area contributed by atoms with Crippen LogP contribution in [0.2, 0.25) is 0 Å². The van der Waals surface area contributed by atoms with E-state index in [1.54, 1.807) is 0 Å². The third kappa shape index (κ3) is 61.2. The van der Waals surface area contributed by atoms with Crippen molar-refractivity contribution in [3.05, 3.63) is 134 Å². The number of carbonyl (C=O) groups excluding carboxylic acids is 2. The summed E-state index contributed by atoms with van der Waals surface area (Å²) in [4.78, 5) is 37.9. The molecule has 0 aromatic carbocycles.